The average Bonchev–Trinajstić information content (AvgIpc) is 2.94. The summed E-state index contributed by atoms with van der Waals surface area (Å²) >= 11 is 0. The van der Waals surface area contributed by atoms with Gasteiger partial charge in [-0.25, -0.2) is 0 Å². The molecule has 5 atom stereocenters. The first-order valence-electron chi connectivity index (χ1n) is 8.87. The molecule has 0 aromatic heterocycles. The van der Waals surface area contributed by atoms with Crippen molar-refractivity contribution in [3.8, 4) is 0 Å². The minimum Gasteiger partial charge on any atom is -0.468 e. The van der Waals surface area contributed by atoms with Gasteiger partial charge in [-0.15, -0.1) is 6.58 Å². The zero-order valence-electron chi connectivity index (χ0n) is 14.7. The predicted molar refractivity (Wildman–Crippen MR) is 90.5 cm³/mol. The second kappa shape index (κ2) is 5.39. The van der Waals surface area contributed by atoms with Gasteiger partial charge in [0.1, 0.15) is 0 Å². The summed E-state index contributed by atoms with van der Waals surface area (Å²) in [5.41, 5.74) is -0.115. The van der Waals surface area contributed by atoms with Crippen LogP contribution in [0.4, 0.5) is 0 Å². The number of ketones is 1. The van der Waals surface area contributed by atoms with E-state index in [0.29, 0.717) is 12.8 Å². The van der Waals surface area contributed by atoms with Crippen molar-refractivity contribution in [3.05, 3.63) is 36.5 Å². The summed E-state index contributed by atoms with van der Waals surface area (Å²) in [4.78, 5) is 25.8. The largest absolute Gasteiger partial charge is 0.468 e. The maximum Gasteiger partial charge on any atom is 0.316 e. The van der Waals surface area contributed by atoms with Crippen LogP contribution in [0.3, 0.4) is 0 Å². The third-order valence-electron chi connectivity index (χ3n) is 6.73. The number of methoxy groups -OCH3 is 2. The van der Waals surface area contributed by atoms with Gasteiger partial charge in [0.2, 0.25) is 11.6 Å². The van der Waals surface area contributed by atoms with Crippen LogP contribution in [0.2, 0.25) is 0 Å². The molecule has 4 aliphatic rings. The Balaban J connectivity index is 2.04. The summed E-state index contributed by atoms with van der Waals surface area (Å²) in [6.07, 6.45) is 11.0. The number of carbonyl (C=O) groups excluding carboxylic acids is 2. The molecule has 0 radical (unpaired) electrons. The molecule has 134 valence electrons. The second-order valence-corrected chi connectivity index (χ2v) is 7.50. The fraction of sp³-hybridized carbons (Fsp3) is 0.600. The van der Waals surface area contributed by atoms with Crippen LogP contribution < -0.4 is 0 Å². The molecule has 1 heterocycles. The van der Waals surface area contributed by atoms with Gasteiger partial charge in [-0.3, -0.25) is 9.59 Å². The first-order valence-corrected chi connectivity index (χ1v) is 8.87. The molecule has 3 aliphatic carbocycles. The van der Waals surface area contributed by atoms with E-state index in [1.165, 1.54) is 25.9 Å². The lowest BCUT2D eigenvalue weighted by molar-refractivity contribution is -0.234. The molecule has 0 aromatic carbocycles. The highest BCUT2D eigenvalue weighted by atomic mass is 16.7. The number of allylic oxidation sites excluding steroid dienone is 2. The Morgan fingerprint density at radius 1 is 1.48 bits per heavy atom. The molecule has 2 fully saturated rings. The van der Waals surface area contributed by atoms with Crippen molar-refractivity contribution >= 4 is 11.8 Å². The Kier molecular flexibility index (Phi) is 3.61. The van der Waals surface area contributed by atoms with Crippen LogP contribution >= 0.6 is 0 Å². The van der Waals surface area contributed by atoms with Crippen LogP contribution in [-0.4, -0.2) is 37.9 Å². The van der Waals surface area contributed by atoms with Gasteiger partial charge in [-0.2, -0.15) is 0 Å². The van der Waals surface area contributed by atoms with Crippen LogP contribution in [0.25, 0.3) is 0 Å². The van der Waals surface area contributed by atoms with Crippen molar-refractivity contribution in [2.75, 3.05) is 14.2 Å². The normalized spacial score (nSPS) is 44.1. The maximum atomic E-state index is 12.9. The third-order valence-corrected chi connectivity index (χ3v) is 6.73. The lowest BCUT2D eigenvalue weighted by Crippen LogP contribution is -2.62. The topological polar surface area (TPSA) is 61.8 Å². The van der Waals surface area contributed by atoms with Gasteiger partial charge in [0, 0.05) is 12.5 Å². The molecular formula is C20H24O5. The Morgan fingerprint density at radius 2 is 2.28 bits per heavy atom. The Labute approximate surface area is 147 Å². The molecule has 0 aromatic rings. The number of rotatable bonds is 4. The van der Waals surface area contributed by atoms with E-state index in [9.17, 15) is 9.59 Å². The molecule has 1 aliphatic heterocycles. The number of ether oxygens (including phenoxy) is 3. The van der Waals surface area contributed by atoms with Crippen molar-refractivity contribution in [1.82, 2.24) is 0 Å². The predicted octanol–water partition coefficient (Wildman–Crippen LogP) is 2.72. The SMILES string of the molecule is C=CC[C@]12C3=CC[C@@]4(C(=O)OC)C=CC(=O)[C@@](OC)(O[C@@H]1CCC3)[C@@H]24. The van der Waals surface area contributed by atoms with Crippen molar-refractivity contribution in [2.24, 2.45) is 16.7 Å². The molecule has 25 heavy (non-hydrogen) atoms. The van der Waals surface area contributed by atoms with Crippen LogP contribution in [0, 0.1) is 16.7 Å². The summed E-state index contributed by atoms with van der Waals surface area (Å²) < 4.78 is 17.3. The number of hydrogen-bond acceptors (Lipinski definition) is 5. The van der Waals surface area contributed by atoms with Crippen molar-refractivity contribution in [1.29, 1.82) is 0 Å². The van der Waals surface area contributed by atoms with Crippen molar-refractivity contribution in [3.63, 3.8) is 0 Å². The molecular weight excluding hydrogens is 320 g/mol. The highest BCUT2D eigenvalue weighted by molar-refractivity contribution is 6.01. The monoisotopic (exact) mass is 344 g/mol. The van der Waals surface area contributed by atoms with Gasteiger partial charge < -0.3 is 14.2 Å². The maximum absolute atomic E-state index is 12.9. The van der Waals surface area contributed by atoms with E-state index in [1.807, 2.05) is 6.08 Å². The van der Waals surface area contributed by atoms with E-state index in [4.69, 9.17) is 14.2 Å². The fourth-order valence-electron chi connectivity index (χ4n) is 5.88. The summed E-state index contributed by atoms with van der Waals surface area (Å²) in [6, 6.07) is 0. The summed E-state index contributed by atoms with van der Waals surface area (Å²) in [5.74, 6) is -2.43. The third kappa shape index (κ3) is 1.75. The smallest absolute Gasteiger partial charge is 0.316 e. The zero-order chi connectivity index (χ0) is 17.9. The van der Waals surface area contributed by atoms with Gasteiger partial charge in [0.15, 0.2) is 0 Å². The highest BCUT2D eigenvalue weighted by Crippen LogP contribution is 2.70. The Morgan fingerprint density at radius 3 is 2.96 bits per heavy atom. The molecule has 4 rings (SSSR count). The van der Waals surface area contributed by atoms with E-state index in [2.05, 4.69) is 12.7 Å². The molecule has 1 saturated heterocycles. The molecule has 5 heteroatoms. The Hall–Kier alpha value is -1.72. The number of hydrogen-bond donors (Lipinski definition) is 0. The standard InChI is InChI=1S/C20H24O5/c1-4-10-19-13-6-5-7-15(19)25-20(24-3)14(21)9-12-18(11-8-13,16(19)20)17(22)23-2/h4,8-9,12,15-16H,1,5-7,10-11H2,2-3H3/t15-,16-,18-,19+,20-/m1/s1. The lowest BCUT2D eigenvalue weighted by atomic mass is 9.47. The van der Waals surface area contributed by atoms with E-state index in [1.54, 1.807) is 6.08 Å². The van der Waals surface area contributed by atoms with E-state index in [0.717, 1.165) is 19.3 Å². The van der Waals surface area contributed by atoms with Crippen LogP contribution in [-0.2, 0) is 23.8 Å². The number of esters is 1. The molecule has 5 nitrogen and oxygen atoms in total. The van der Waals surface area contributed by atoms with Gasteiger partial charge in [0.25, 0.3) is 0 Å². The summed E-state index contributed by atoms with van der Waals surface area (Å²) in [5, 5.41) is 0. The molecule has 0 spiro atoms. The van der Waals surface area contributed by atoms with Crippen LogP contribution in [0.1, 0.15) is 32.1 Å². The van der Waals surface area contributed by atoms with E-state index < -0.39 is 22.5 Å². The average molecular weight is 344 g/mol. The van der Waals surface area contributed by atoms with Gasteiger partial charge >= 0.3 is 5.97 Å². The highest BCUT2D eigenvalue weighted by Gasteiger charge is 2.76. The van der Waals surface area contributed by atoms with E-state index in [-0.39, 0.29) is 17.9 Å². The minimum absolute atomic E-state index is 0.163. The Bertz CT molecular complexity index is 707. The molecule has 0 bridgehead atoms. The van der Waals surface area contributed by atoms with Gasteiger partial charge in [0.05, 0.1) is 24.5 Å². The fourth-order valence-corrected chi connectivity index (χ4v) is 5.88. The second-order valence-electron chi connectivity index (χ2n) is 7.50. The minimum atomic E-state index is -1.43. The molecule has 0 N–H and O–H groups in total. The number of carbonyl (C=O) groups is 2. The quantitative estimate of drug-likeness (QED) is 0.580. The zero-order valence-corrected chi connectivity index (χ0v) is 14.7. The van der Waals surface area contributed by atoms with Gasteiger partial charge in [-0.05, 0) is 38.2 Å². The molecule has 0 amide bonds. The van der Waals surface area contributed by atoms with Crippen molar-refractivity contribution < 1.29 is 23.8 Å². The summed E-state index contributed by atoms with van der Waals surface area (Å²) in [7, 11) is 2.89. The lowest BCUT2D eigenvalue weighted by Gasteiger charge is -2.54. The van der Waals surface area contributed by atoms with Crippen LogP contribution in [0.15, 0.2) is 36.5 Å². The van der Waals surface area contributed by atoms with Crippen molar-refractivity contribution in [2.45, 2.75) is 44.0 Å². The first kappa shape index (κ1) is 16.7. The first-order chi connectivity index (χ1) is 12.0. The van der Waals surface area contributed by atoms with E-state index >= 15 is 0 Å². The molecule has 0 unspecified atom stereocenters. The van der Waals surface area contributed by atoms with Gasteiger partial charge in [-0.1, -0.05) is 23.8 Å². The molecule has 1 saturated carbocycles. The summed E-state index contributed by atoms with van der Waals surface area (Å²) in [6.45, 7) is 3.94. The van der Waals surface area contributed by atoms with Crippen LogP contribution in [0.5, 0.6) is 0 Å².